The van der Waals surface area contributed by atoms with E-state index in [0.29, 0.717) is 22.8 Å². The fourth-order valence-electron chi connectivity index (χ4n) is 2.16. The lowest BCUT2D eigenvalue weighted by molar-refractivity contribution is 0.0999. The molecular weight excluding hydrogens is 240 g/mol. The first kappa shape index (κ1) is 11.6. The zero-order valence-electron chi connectivity index (χ0n) is 10.5. The van der Waals surface area contributed by atoms with E-state index in [4.69, 9.17) is 4.74 Å². The number of carbonyl (C=O) groups excluding carboxylic acids is 1. The average molecular weight is 252 g/mol. The predicted molar refractivity (Wildman–Crippen MR) is 72.4 cm³/mol. The van der Waals surface area contributed by atoms with Gasteiger partial charge in [0.05, 0.1) is 24.8 Å². The Bertz CT molecular complexity index is 677. The monoisotopic (exact) mass is 252 g/mol. The maximum Gasteiger partial charge on any atom is 0.172 e. The van der Waals surface area contributed by atoms with Crippen LogP contribution in [0.3, 0.4) is 0 Å². The number of carbonyl (C=O) groups is 1. The molecule has 19 heavy (non-hydrogen) atoms. The minimum atomic E-state index is 0.0407. The van der Waals surface area contributed by atoms with Crippen LogP contribution in [0.4, 0.5) is 5.82 Å². The SMILES string of the molecule is COc1ccccc1C1=Nc2ncccc2C(=O)C1. The molecule has 4 nitrogen and oxygen atoms in total. The molecule has 0 N–H and O–H groups in total. The molecule has 1 aliphatic heterocycles. The number of rotatable bonds is 2. The molecule has 1 aliphatic rings. The van der Waals surface area contributed by atoms with Gasteiger partial charge in [0, 0.05) is 11.8 Å². The molecule has 94 valence electrons. The van der Waals surface area contributed by atoms with Crippen molar-refractivity contribution in [3.63, 3.8) is 0 Å². The first-order valence-electron chi connectivity index (χ1n) is 5.99. The van der Waals surface area contributed by atoms with Gasteiger partial charge in [0.2, 0.25) is 0 Å². The number of ketones is 1. The summed E-state index contributed by atoms with van der Waals surface area (Å²) in [5.41, 5.74) is 2.13. The zero-order chi connectivity index (χ0) is 13.2. The smallest absolute Gasteiger partial charge is 0.172 e. The Labute approximate surface area is 110 Å². The second-order valence-electron chi connectivity index (χ2n) is 4.23. The summed E-state index contributed by atoms with van der Waals surface area (Å²) in [5, 5.41) is 0. The summed E-state index contributed by atoms with van der Waals surface area (Å²) in [6.45, 7) is 0. The van der Waals surface area contributed by atoms with E-state index in [-0.39, 0.29) is 12.2 Å². The molecule has 4 heteroatoms. The van der Waals surface area contributed by atoms with E-state index in [2.05, 4.69) is 9.98 Å². The quantitative estimate of drug-likeness (QED) is 0.825. The van der Waals surface area contributed by atoms with Crippen LogP contribution in [0.1, 0.15) is 22.3 Å². The number of fused-ring (bicyclic) bond motifs is 1. The lowest BCUT2D eigenvalue weighted by Gasteiger charge is -2.15. The maximum atomic E-state index is 12.1. The highest BCUT2D eigenvalue weighted by atomic mass is 16.5. The lowest BCUT2D eigenvalue weighted by Crippen LogP contribution is -2.15. The van der Waals surface area contributed by atoms with Crippen LogP contribution in [0.2, 0.25) is 0 Å². The topological polar surface area (TPSA) is 51.6 Å². The minimum absolute atomic E-state index is 0.0407. The number of pyridine rings is 1. The Kier molecular flexibility index (Phi) is 2.83. The lowest BCUT2D eigenvalue weighted by atomic mass is 9.97. The number of methoxy groups -OCH3 is 1. The number of hydrogen-bond donors (Lipinski definition) is 0. The third kappa shape index (κ3) is 2.01. The molecule has 2 aromatic rings. The van der Waals surface area contributed by atoms with Crippen molar-refractivity contribution in [2.24, 2.45) is 4.99 Å². The number of aromatic nitrogens is 1. The van der Waals surface area contributed by atoms with Gasteiger partial charge in [-0.15, -0.1) is 0 Å². The molecule has 0 aliphatic carbocycles. The van der Waals surface area contributed by atoms with Crippen LogP contribution < -0.4 is 4.74 Å². The van der Waals surface area contributed by atoms with Gasteiger partial charge in [-0.05, 0) is 24.3 Å². The Morgan fingerprint density at radius 3 is 2.74 bits per heavy atom. The molecule has 1 aromatic carbocycles. The van der Waals surface area contributed by atoms with Crippen LogP contribution in [0, 0.1) is 0 Å². The van der Waals surface area contributed by atoms with Gasteiger partial charge in [0.25, 0.3) is 0 Å². The molecule has 0 saturated carbocycles. The normalized spacial score (nSPS) is 13.7. The molecule has 2 heterocycles. The van der Waals surface area contributed by atoms with E-state index >= 15 is 0 Å². The molecular formula is C15H12N2O2. The summed E-state index contributed by atoms with van der Waals surface area (Å²) in [7, 11) is 1.61. The van der Waals surface area contributed by atoms with E-state index < -0.39 is 0 Å². The van der Waals surface area contributed by atoms with Crippen LogP contribution in [-0.2, 0) is 0 Å². The van der Waals surface area contributed by atoms with Crippen molar-refractivity contribution in [1.29, 1.82) is 0 Å². The van der Waals surface area contributed by atoms with Crippen molar-refractivity contribution in [3.8, 4) is 5.75 Å². The van der Waals surface area contributed by atoms with Gasteiger partial charge in [-0.3, -0.25) is 4.79 Å². The van der Waals surface area contributed by atoms with Crippen molar-refractivity contribution in [2.75, 3.05) is 7.11 Å². The molecule has 0 atom stereocenters. The van der Waals surface area contributed by atoms with Crippen LogP contribution in [0.15, 0.2) is 47.6 Å². The van der Waals surface area contributed by atoms with Gasteiger partial charge in [-0.25, -0.2) is 9.98 Å². The maximum absolute atomic E-state index is 12.1. The fraction of sp³-hybridized carbons (Fsp3) is 0.133. The van der Waals surface area contributed by atoms with Gasteiger partial charge < -0.3 is 4.74 Å². The molecule has 3 rings (SSSR count). The number of para-hydroxylation sites is 1. The van der Waals surface area contributed by atoms with Gasteiger partial charge in [0.15, 0.2) is 11.6 Å². The molecule has 0 saturated heterocycles. The van der Waals surface area contributed by atoms with E-state index in [1.807, 2.05) is 24.3 Å². The molecule has 1 aromatic heterocycles. The van der Waals surface area contributed by atoms with E-state index in [1.54, 1.807) is 25.4 Å². The summed E-state index contributed by atoms with van der Waals surface area (Å²) >= 11 is 0. The van der Waals surface area contributed by atoms with Gasteiger partial charge in [-0.1, -0.05) is 12.1 Å². The van der Waals surface area contributed by atoms with Gasteiger partial charge in [-0.2, -0.15) is 0 Å². The van der Waals surface area contributed by atoms with Gasteiger partial charge in [0.1, 0.15) is 5.75 Å². The molecule has 0 amide bonds. The summed E-state index contributed by atoms with van der Waals surface area (Å²) < 4.78 is 5.31. The summed E-state index contributed by atoms with van der Waals surface area (Å²) in [6, 6.07) is 11.1. The Balaban J connectivity index is 2.13. The first-order chi connectivity index (χ1) is 9.29. The highest BCUT2D eigenvalue weighted by Gasteiger charge is 2.23. The standard InChI is InChI=1S/C15H12N2O2/c1-19-14-7-3-2-5-10(14)12-9-13(18)11-6-4-8-16-15(11)17-12/h2-8H,9H2,1H3. The first-order valence-corrected chi connectivity index (χ1v) is 5.99. The van der Waals surface area contributed by atoms with Crippen LogP contribution >= 0.6 is 0 Å². The summed E-state index contributed by atoms with van der Waals surface area (Å²) in [6.07, 6.45) is 1.92. The number of aliphatic imine (C=N–C) groups is 1. The second-order valence-corrected chi connectivity index (χ2v) is 4.23. The third-order valence-corrected chi connectivity index (χ3v) is 3.07. The fourth-order valence-corrected chi connectivity index (χ4v) is 2.16. The van der Waals surface area contributed by atoms with E-state index in [0.717, 1.165) is 5.56 Å². The minimum Gasteiger partial charge on any atom is -0.496 e. The van der Waals surface area contributed by atoms with Crippen LogP contribution in [0.25, 0.3) is 0 Å². The molecule has 0 spiro atoms. The Morgan fingerprint density at radius 1 is 1.11 bits per heavy atom. The number of benzene rings is 1. The van der Waals surface area contributed by atoms with Crippen molar-refractivity contribution < 1.29 is 9.53 Å². The summed E-state index contributed by atoms with van der Waals surface area (Å²) in [5.74, 6) is 1.24. The van der Waals surface area contributed by atoms with Gasteiger partial charge >= 0.3 is 0 Å². The van der Waals surface area contributed by atoms with Crippen molar-refractivity contribution in [3.05, 3.63) is 53.7 Å². The third-order valence-electron chi connectivity index (χ3n) is 3.07. The largest absolute Gasteiger partial charge is 0.496 e. The highest BCUT2D eigenvalue weighted by molar-refractivity contribution is 6.21. The highest BCUT2D eigenvalue weighted by Crippen LogP contribution is 2.28. The van der Waals surface area contributed by atoms with Crippen LogP contribution in [0.5, 0.6) is 5.75 Å². The Hall–Kier alpha value is -2.49. The molecule has 0 bridgehead atoms. The number of nitrogens with zero attached hydrogens (tertiary/aromatic N) is 2. The number of ether oxygens (including phenoxy) is 1. The Morgan fingerprint density at radius 2 is 1.89 bits per heavy atom. The van der Waals surface area contributed by atoms with Crippen molar-refractivity contribution in [2.45, 2.75) is 6.42 Å². The molecule has 0 fully saturated rings. The van der Waals surface area contributed by atoms with Crippen molar-refractivity contribution >= 4 is 17.3 Å². The predicted octanol–water partition coefficient (Wildman–Crippen LogP) is 2.80. The van der Waals surface area contributed by atoms with E-state index in [9.17, 15) is 4.79 Å². The number of Topliss-reactive ketones (excluding diaryl/α,β-unsaturated/α-hetero) is 1. The number of hydrogen-bond acceptors (Lipinski definition) is 4. The van der Waals surface area contributed by atoms with Crippen molar-refractivity contribution in [1.82, 2.24) is 4.98 Å². The average Bonchev–Trinajstić information content (AvgIpc) is 2.47. The summed E-state index contributed by atoms with van der Waals surface area (Å²) in [4.78, 5) is 20.7. The second kappa shape index (κ2) is 4.65. The molecule has 0 unspecified atom stereocenters. The van der Waals surface area contributed by atoms with Crippen LogP contribution in [-0.4, -0.2) is 23.6 Å². The zero-order valence-corrected chi connectivity index (χ0v) is 10.5. The van der Waals surface area contributed by atoms with E-state index in [1.165, 1.54) is 0 Å². The molecule has 0 radical (unpaired) electrons.